The number of carboxylic acids is 1. The summed E-state index contributed by atoms with van der Waals surface area (Å²) in [7, 11) is 0. The lowest BCUT2D eigenvalue weighted by Crippen LogP contribution is -2.40. The Kier molecular flexibility index (Phi) is 4.68. The Morgan fingerprint density at radius 1 is 1.19 bits per heavy atom. The van der Waals surface area contributed by atoms with Crippen LogP contribution in [-0.2, 0) is 10.3 Å². The SMILES string of the molecule is CC(Nc1ccc(Br)cc1)(C(=O)O)c1ccc(F)c(Br)c1. The Bertz CT molecular complexity index is 676. The molecule has 0 saturated carbocycles. The second kappa shape index (κ2) is 6.15. The van der Waals surface area contributed by atoms with E-state index in [2.05, 4.69) is 37.2 Å². The molecule has 3 nitrogen and oxygen atoms in total. The van der Waals surface area contributed by atoms with Gasteiger partial charge in [0.05, 0.1) is 4.47 Å². The zero-order chi connectivity index (χ0) is 15.6. The van der Waals surface area contributed by atoms with Crippen LogP contribution in [0, 0.1) is 5.82 Å². The van der Waals surface area contributed by atoms with E-state index in [0.717, 1.165) is 4.47 Å². The first-order valence-corrected chi connectivity index (χ1v) is 7.64. The van der Waals surface area contributed by atoms with Crippen molar-refractivity contribution in [2.24, 2.45) is 0 Å². The largest absolute Gasteiger partial charge is 0.479 e. The molecule has 0 saturated heterocycles. The Hall–Kier alpha value is -1.40. The maximum Gasteiger partial charge on any atom is 0.333 e. The second-order valence-corrected chi connectivity index (χ2v) is 6.46. The number of aliphatic carboxylic acids is 1. The van der Waals surface area contributed by atoms with Gasteiger partial charge in [-0.2, -0.15) is 0 Å². The molecule has 21 heavy (non-hydrogen) atoms. The molecule has 2 aromatic rings. The molecule has 0 amide bonds. The molecule has 0 aromatic heterocycles. The summed E-state index contributed by atoms with van der Waals surface area (Å²) in [6.45, 7) is 1.54. The van der Waals surface area contributed by atoms with Crippen LogP contribution in [0.2, 0.25) is 0 Å². The number of hydrogen-bond donors (Lipinski definition) is 2. The fraction of sp³-hybridized carbons (Fsp3) is 0.133. The smallest absolute Gasteiger partial charge is 0.333 e. The van der Waals surface area contributed by atoms with Gasteiger partial charge in [0.15, 0.2) is 5.54 Å². The van der Waals surface area contributed by atoms with Gasteiger partial charge < -0.3 is 10.4 Å². The second-order valence-electron chi connectivity index (χ2n) is 4.69. The van der Waals surface area contributed by atoms with Crippen molar-refractivity contribution < 1.29 is 14.3 Å². The van der Waals surface area contributed by atoms with Crippen molar-refractivity contribution in [1.82, 2.24) is 0 Å². The van der Waals surface area contributed by atoms with Crippen LogP contribution < -0.4 is 5.32 Å². The molecule has 110 valence electrons. The molecular weight excluding hydrogens is 405 g/mol. The summed E-state index contributed by atoms with van der Waals surface area (Å²) in [4.78, 5) is 11.7. The number of rotatable bonds is 4. The van der Waals surface area contributed by atoms with Crippen molar-refractivity contribution in [2.75, 3.05) is 5.32 Å². The average molecular weight is 417 g/mol. The maximum absolute atomic E-state index is 13.3. The highest BCUT2D eigenvalue weighted by Crippen LogP contribution is 2.30. The number of halogens is 3. The van der Waals surface area contributed by atoms with Crippen molar-refractivity contribution in [3.8, 4) is 0 Å². The fourth-order valence-corrected chi connectivity index (χ4v) is 2.52. The minimum atomic E-state index is -1.37. The molecule has 1 atom stereocenters. The van der Waals surface area contributed by atoms with E-state index in [4.69, 9.17) is 0 Å². The average Bonchev–Trinajstić information content (AvgIpc) is 2.44. The third kappa shape index (κ3) is 3.44. The van der Waals surface area contributed by atoms with E-state index in [1.807, 2.05) is 12.1 Å². The van der Waals surface area contributed by atoms with Gasteiger partial charge in [-0.25, -0.2) is 9.18 Å². The van der Waals surface area contributed by atoms with Crippen LogP contribution in [0.4, 0.5) is 10.1 Å². The molecule has 0 spiro atoms. The van der Waals surface area contributed by atoms with Crippen LogP contribution in [0.25, 0.3) is 0 Å². The Morgan fingerprint density at radius 2 is 1.81 bits per heavy atom. The van der Waals surface area contributed by atoms with E-state index in [1.165, 1.54) is 25.1 Å². The Balaban J connectivity index is 2.42. The highest BCUT2D eigenvalue weighted by atomic mass is 79.9. The molecule has 0 heterocycles. The lowest BCUT2D eigenvalue weighted by Gasteiger charge is -2.28. The zero-order valence-electron chi connectivity index (χ0n) is 11.0. The Labute approximate surface area is 138 Å². The van der Waals surface area contributed by atoms with Gasteiger partial charge in [-0.15, -0.1) is 0 Å². The topological polar surface area (TPSA) is 49.3 Å². The van der Waals surface area contributed by atoms with E-state index in [-0.39, 0.29) is 4.47 Å². The molecule has 2 aromatic carbocycles. The highest BCUT2D eigenvalue weighted by molar-refractivity contribution is 9.10. The van der Waals surface area contributed by atoms with E-state index < -0.39 is 17.3 Å². The molecular formula is C15H12Br2FNO2. The van der Waals surface area contributed by atoms with Gasteiger partial charge in [0.25, 0.3) is 0 Å². The summed E-state index contributed by atoms with van der Waals surface area (Å²) in [5, 5.41) is 12.6. The summed E-state index contributed by atoms with van der Waals surface area (Å²) in [5.41, 5.74) is -0.265. The van der Waals surface area contributed by atoms with Crippen LogP contribution in [0.5, 0.6) is 0 Å². The van der Waals surface area contributed by atoms with Gasteiger partial charge in [-0.05, 0) is 64.8 Å². The molecule has 0 fully saturated rings. The molecule has 0 bridgehead atoms. The summed E-state index contributed by atoms with van der Waals surface area (Å²) < 4.78 is 14.5. The minimum absolute atomic E-state index is 0.227. The molecule has 0 aliphatic heterocycles. The van der Waals surface area contributed by atoms with Crippen LogP contribution in [0.15, 0.2) is 51.4 Å². The molecule has 0 radical (unpaired) electrons. The lowest BCUT2D eigenvalue weighted by molar-refractivity contribution is -0.142. The predicted molar refractivity (Wildman–Crippen MR) is 86.9 cm³/mol. The predicted octanol–water partition coefficient (Wildman–Crippen LogP) is 4.76. The van der Waals surface area contributed by atoms with Gasteiger partial charge >= 0.3 is 5.97 Å². The number of benzene rings is 2. The monoisotopic (exact) mass is 415 g/mol. The molecule has 6 heteroatoms. The molecule has 1 unspecified atom stereocenters. The molecule has 2 N–H and O–H groups in total. The number of carbonyl (C=O) groups is 1. The first kappa shape index (κ1) is 16.0. The first-order chi connectivity index (χ1) is 9.83. The number of anilines is 1. The minimum Gasteiger partial charge on any atom is -0.479 e. The van der Waals surface area contributed by atoms with Gasteiger partial charge in [0.1, 0.15) is 5.82 Å². The van der Waals surface area contributed by atoms with E-state index in [1.54, 1.807) is 12.1 Å². The van der Waals surface area contributed by atoms with E-state index in [0.29, 0.717) is 11.3 Å². The van der Waals surface area contributed by atoms with Crippen LogP contribution in [-0.4, -0.2) is 11.1 Å². The van der Waals surface area contributed by atoms with Crippen LogP contribution in [0.1, 0.15) is 12.5 Å². The third-order valence-corrected chi connectivity index (χ3v) is 4.30. The van der Waals surface area contributed by atoms with Crippen molar-refractivity contribution in [2.45, 2.75) is 12.5 Å². The Morgan fingerprint density at radius 3 is 2.33 bits per heavy atom. The number of carboxylic acid groups (broad SMARTS) is 1. The van der Waals surface area contributed by atoms with Crippen molar-refractivity contribution >= 4 is 43.5 Å². The molecule has 0 aliphatic carbocycles. The highest BCUT2D eigenvalue weighted by Gasteiger charge is 2.35. The summed E-state index contributed by atoms with van der Waals surface area (Å²) in [6.07, 6.45) is 0. The summed E-state index contributed by atoms with van der Waals surface area (Å²) in [5.74, 6) is -1.49. The first-order valence-electron chi connectivity index (χ1n) is 6.05. The van der Waals surface area contributed by atoms with Crippen molar-refractivity contribution in [3.63, 3.8) is 0 Å². The van der Waals surface area contributed by atoms with Crippen molar-refractivity contribution in [1.29, 1.82) is 0 Å². The standard InChI is InChI=1S/C15H12Br2FNO2/c1-15(14(20)21,9-2-7-13(18)12(17)8-9)19-11-5-3-10(16)4-6-11/h2-8,19H,1H3,(H,20,21). The normalized spacial score (nSPS) is 13.5. The summed E-state index contributed by atoms with van der Waals surface area (Å²) in [6, 6.07) is 11.3. The van der Waals surface area contributed by atoms with Gasteiger partial charge in [0.2, 0.25) is 0 Å². The van der Waals surface area contributed by atoms with Gasteiger partial charge in [-0.1, -0.05) is 22.0 Å². The van der Waals surface area contributed by atoms with Crippen molar-refractivity contribution in [3.05, 3.63) is 62.8 Å². The maximum atomic E-state index is 13.3. The van der Waals surface area contributed by atoms with Gasteiger partial charge in [0, 0.05) is 10.2 Å². The number of nitrogens with one attached hydrogen (secondary N) is 1. The van der Waals surface area contributed by atoms with Gasteiger partial charge in [-0.3, -0.25) is 0 Å². The number of hydrogen-bond acceptors (Lipinski definition) is 2. The fourth-order valence-electron chi connectivity index (χ4n) is 1.88. The quantitative estimate of drug-likeness (QED) is 0.755. The third-order valence-electron chi connectivity index (χ3n) is 3.16. The zero-order valence-corrected chi connectivity index (χ0v) is 14.2. The van der Waals surface area contributed by atoms with Crippen LogP contribution in [0.3, 0.4) is 0 Å². The molecule has 0 aliphatic rings. The van der Waals surface area contributed by atoms with Crippen LogP contribution >= 0.6 is 31.9 Å². The van der Waals surface area contributed by atoms with E-state index in [9.17, 15) is 14.3 Å². The summed E-state index contributed by atoms with van der Waals surface area (Å²) >= 11 is 6.41. The lowest BCUT2D eigenvalue weighted by atomic mass is 9.91. The van der Waals surface area contributed by atoms with E-state index >= 15 is 0 Å². The molecule has 2 rings (SSSR count).